The number of rotatable bonds is 7. The zero-order valence-electron chi connectivity index (χ0n) is 16.5. The van der Waals surface area contributed by atoms with Gasteiger partial charge in [0.05, 0.1) is 4.90 Å². The summed E-state index contributed by atoms with van der Waals surface area (Å²) in [7, 11) is 0.354. The van der Waals surface area contributed by atoms with Gasteiger partial charge in [-0.2, -0.15) is 4.31 Å². The van der Waals surface area contributed by atoms with Crippen molar-refractivity contribution in [3.8, 4) is 0 Å². The van der Waals surface area contributed by atoms with Crippen LogP contribution in [0.2, 0.25) is 0 Å². The highest BCUT2D eigenvalue weighted by molar-refractivity contribution is 7.89. The fraction of sp³-hybridized carbons (Fsp3) is 0.632. The van der Waals surface area contributed by atoms with E-state index >= 15 is 0 Å². The van der Waals surface area contributed by atoms with Crippen LogP contribution in [-0.4, -0.2) is 63.8 Å². The number of hydrogen-bond acceptors (Lipinski definition) is 4. The van der Waals surface area contributed by atoms with Crippen molar-refractivity contribution >= 4 is 15.9 Å². The summed E-state index contributed by atoms with van der Waals surface area (Å²) in [5.74, 6) is -0.665. The fourth-order valence-corrected chi connectivity index (χ4v) is 4.97. The van der Waals surface area contributed by atoms with Crippen molar-refractivity contribution in [2.24, 2.45) is 11.3 Å². The molecular weight excluding hydrogens is 369 g/mol. The zero-order valence-corrected chi connectivity index (χ0v) is 17.4. The van der Waals surface area contributed by atoms with Crippen LogP contribution < -0.4 is 5.32 Å². The van der Waals surface area contributed by atoms with Gasteiger partial charge in [0.1, 0.15) is 5.82 Å². The minimum Gasteiger partial charge on any atom is -0.355 e. The Balaban J connectivity index is 1.89. The number of sulfonamides is 1. The van der Waals surface area contributed by atoms with Crippen LogP contribution in [0.25, 0.3) is 0 Å². The van der Waals surface area contributed by atoms with Gasteiger partial charge in [0.25, 0.3) is 0 Å². The number of benzene rings is 1. The molecule has 6 nitrogen and oxygen atoms in total. The van der Waals surface area contributed by atoms with Crippen LogP contribution in [0.15, 0.2) is 29.2 Å². The molecular formula is C19H30FN3O3S. The lowest BCUT2D eigenvalue weighted by Gasteiger charge is -2.32. The predicted octanol–water partition coefficient (Wildman–Crippen LogP) is 1.93. The number of piperidine rings is 1. The molecule has 0 saturated carbocycles. The van der Waals surface area contributed by atoms with Gasteiger partial charge < -0.3 is 10.2 Å². The number of hydrogen-bond donors (Lipinski definition) is 1. The van der Waals surface area contributed by atoms with E-state index in [0.717, 1.165) is 18.7 Å². The van der Waals surface area contributed by atoms with Crippen LogP contribution >= 0.6 is 0 Å². The van der Waals surface area contributed by atoms with Gasteiger partial charge in [-0.3, -0.25) is 4.79 Å². The summed E-state index contributed by atoms with van der Waals surface area (Å²) in [6.45, 7) is 6.23. The first kappa shape index (κ1) is 21.8. The van der Waals surface area contributed by atoms with E-state index in [9.17, 15) is 17.6 Å². The van der Waals surface area contributed by atoms with E-state index in [1.807, 2.05) is 14.1 Å². The Kier molecular flexibility index (Phi) is 6.99. The van der Waals surface area contributed by atoms with Gasteiger partial charge in [-0.15, -0.1) is 0 Å². The second kappa shape index (κ2) is 8.67. The fourth-order valence-electron chi connectivity index (χ4n) is 3.50. The number of nitrogens with zero attached hydrogens (tertiary/aromatic N) is 2. The number of amides is 1. The average molecular weight is 400 g/mol. The molecule has 1 aromatic rings. The van der Waals surface area contributed by atoms with Gasteiger partial charge in [0.2, 0.25) is 15.9 Å². The molecule has 1 aliphatic rings. The Morgan fingerprint density at radius 2 is 1.78 bits per heavy atom. The molecule has 0 radical (unpaired) electrons. The smallest absolute Gasteiger partial charge is 0.243 e. The SMILES string of the molecule is CN(C)CC(C)(C)CNC(=O)C1CCN(S(=O)(=O)c2ccc(F)cc2)CC1. The summed E-state index contributed by atoms with van der Waals surface area (Å²) in [6.07, 6.45) is 0.973. The quantitative estimate of drug-likeness (QED) is 0.761. The van der Waals surface area contributed by atoms with Crippen LogP contribution in [0.5, 0.6) is 0 Å². The Bertz CT molecular complexity index is 740. The molecule has 2 rings (SSSR count). The molecule has 1 aromatic carbocycles. The van der Waals surface area contributed by atoms with Gasteiger partial charge in [-0.25, -0.2) is 12.8 Å². The van der Waals surface area contributed by atoms with Gasteiger partial charge >= 0.3 is 0 Å². The van der Waals surface area contributed by atoms with Crippen LogP contribution in [0.4, 0.5) is 4.39 Å². The highest BCUT2D eigenvalue weighted by atomic mass is 32.2. The normalized spacial score (nSPS) is 17.3. The van der Waals surface area contributed by atoms with E-state index in [1.165, 1.54) is 16.4 Å². The molecule has 1 amide bonds. The molecule has 0 aromatic heterocycles. The molecule has 1 N–H and O–H groups in total. The standard InChI is InChI=1S/C19H30FN3O3S/c1-19(2,14-22(3)4)13-21-18(24)15-9-11-23(12-10-15)27(25,26)17-7-5-16(20)6-8-17/h5-8,15H,9-14H2,1-4H3,(H,21,24). The molecule has 1 heterocycles. The maximum atomic E-state index is 13.0. The molecule has 0 bridgehead atoms. The molecule has 27 heavy (non-hydrogen) atoms. The zero-order chi connectivity index (χ0) is 20.2. The van der Waals surface area contributed by atoms with Crippen molar-refractivity contribution in [1.82, 2.24) is 14.5 Å². The Labute approximate surface area is 161 Å². The molecule has 152 valence electrons. The predicted molar refractivity (Wildman–Crippen MR) is 103 cm³/mol. The maximum absolute atomic E-state index is 13.0. The molecule has 1 aliphatic heterocycles. The highest BCUT2D eigenvalue weighted by Crippen LogP contribution is 2.24. The van der Waals surface area contributed by atoms with Crippen molar-refractivity contribution in [2.75, 3.05) is 40.3 Å². The minimum atomic E-state index is -3.65. The first-order valence-corrected chi connectivity index (χ1v) is 10.6. The van der Waals surface area contributed by atoms with Gasteiger partial charge in [0.15, 0.2) is 0 Å². The van der Waals surface area contributed by atoms with E-state index in [-0.39, 0.29) is 22.1 Å². The highest BCUT2D eigenvalue weighted by Gasteiger charge is 2.32. The molecule has 0 atom stereocenters. The average Bonchev–Trinajstić information content (AvgIpc) is 2.59. The third-order valence-electron chi connectivity index (χ3n) is 4.76. The Morgan fingerprint density at radius 3 is 2.30 bits per heavy atom. The largest absolute Gasteiger partial charge is 0.355 e. The Hall–Kier alpha value is -1.51. The van der Waals surface area contributed by atoms with Crippen LogP contribution in [0.1, 0.15) is 26.7 Å². The van der Waals surface area contributed by atoms with E-state index in [1.54, 1.807) is 0 Å². The molecule has 8 heteroatoms. The second-order valence-electron chi connectivity index (χ2n) is 8.25. The van der Waals surface area contributed by atoms with E-state index in [2.05, 4.69) is 24.1 Å². The summed E-state index contributed by atoms with van der Waals surface area (Å²) in [5, 5.41) is 3.01. The minimum absolute atomic E-state index is 0.0133. The summed E-state index contributed by atoms with van der Waals surface area (Å²) in [5.41, 5.74) is -0.0359. The summed E-state index contributed by atoms with van der Waals surface area (Å²) < 4.78 is 39.7. The maximum Gasteiger partial charge on any atom is 0.243 e. The van der Waals surface area contributed by atoms with E-state index in [4.69, 9.17) is 0 Å². The molecule has 0 spiro atoms. The van der Waals surface area contributed by atoms with Crippen molar-refractivity contribution in [2.45, 2.75) is 31.6 Å². The van der Waals surface area contributed by atoms with Crippen molar-refractivity contribution in [1.29, 1.82) is 0 Å². The molecule has 1 saturated heterocycles. The first-order chi connectivity index (χ1) is 12.5. The molecule has 0 aliphatic carbocycles. The third-order valence-corrected chi connectivity index (χ3v) is 6.67. The van der Waals surface area contributed by atoms with Gasteiger partial charge in [-0.1, -0.05) is 13.8 Å². The second-order valence-corrected chi connectivity index (χ2v) is 10.2. The Morgan fingerprint density at radius 1 is 1.22 bits per heavy atom. The number of carbonyl (C=O) groups excluding carboxylic acids is 1. The van der Waals surface area contributed by atoms with Crippen LogP contribution in [0, 0.1) is 17.2 Å². The van der Waals surface area contributed by atoms with Gasteiger partial charge in [-0.05, 0) is 56.6 Å². The lowest BCUT2D eigenvalue weighted by atomic mass is 9.91. The lowest BCUT2D eigenvalue weighted by Crippen LogP contribution is -2.45. The van der Waals surface area contributed by atoms with Gasteiger partial charge in [0, 0.05) is 32.1 Å². The van der Waals surface area contributed by atoms with Crippen molar-refractivity contribution in [3.63, 3.8) is 0 Å². The van der Waals surface area contributed by atoms with Crippen LogP contribution in [0.3, 0.4) is 0 Å². The molecule has 0 unspecified atom stereocenters. The summed E-state index contributed by atoms with van der Waals surface area (Å²) in [4.78, 5) is 14.6. The van der Waals surface area contributed by atoms with Crippen molar-refractivity contribution in [3.05, 3.63) is 30.1 Å². The third kappa shape index (κ3) is 5.99. The topological polar surface area (TPSA) is 69.7 Å². The molecule has 1 fully saturated rings. The first-order valence-electron chi connectivity index (χ1n) is 9.19. The number of carbonyl (C=O) groups is 1. The number of nitrogens with one attached hydrogen (secondary N) is 1. The van der Waals surface area contributed by atoms with E-state index in [0.29, 0.717) is 32.5 Å². The lowest BCUT2D eigenvalue weighted by molar-refractivity contribution is -0.126. The van der Waals surface area contributed by atoms with Crippen LogP contribution in [-0.2, 0) is 14.8 Å². The van der Waals surface area contributed by atoms with E-state index < -0.39 is 15.8 Å². The number of halogens is 1. The summed E-state index contributed by atoms with van der Waals surface area (Å²) >= 11 is 0. The summed E-state index contributed by atoms with van der Waals surface area (Å²) in [6, 6.07) is 4.83. The van der Waals surface area contributed by atoms with Crippen molar-refractivity contribution < 1.29 is 17.6 Å². The monoisotopic (exact) mass is 399 g/mol.